The van der Waals surface area contributed by atoms with Gasteiger partial charge in [0.1, 0.15) is 11.6 Å². The first-order valence-corrected chi connectivity index (χ1v) is 13.7. The second kappa shape index (κ2) is 11.7. The molecule has 5 rings (SSSR count). The van der Waals surface area contributed by atoms with E-state index in [2.05, 4.69) is 32.9 Å². The van der Waals surface area contributed by atoms with Gasteiger partial charge in [-0.2, -0.15) is 5.26 Å². The molecule has 0 spiro atoms. The van der Waals surface area contributed by atoms with Crippen molar-refractivity contribution in [3.8, 4) is 28.8 Å². The Morgan fingerprint density at radius 3 is 2.62 bits per heavy atom. The van der Waals surface area contributed by atoms with Gasteiger partial charge in [0.25, 0.3) is 5.91 Å². The van der Waals surface area contributed by atoms with Crippen molar-refractivity contribution in [2.75, 3.05) is 20.3 Å². The Bertz CT molecular complexity index is 1840. The molecule has 12 heteroatoms. The summed E-state index contributed by atoms with van der Waals surface area (Å²) in [6.45, 7) is 9.19. The molecule has 0 unspecified atom stereocenters. The minimum atomic E-state index is -0.537. The van der Waals surface area contributed by atoms with Gasteiger partial charge in [-0.3, -0.25) is 19.0 Å². The number of hydrogen-bond donors (Lipinski definition) is 2. The molecule has 12 nitrogen and oxygen atoms in total. The van der Waals surface area contributed by atoms with Gasteiger partial charge < -0.3 is 14.8 Å². The fourth-order valence-electron chi connectivity index (χ4n) is 5.37. The molecule has 1 amide bonds. The Labute approximate surface area is 242 Å². The number of nitrogens with zero attached hydrogens (tertiary/aromatic N) is 6. The Hall–Kier alpha value is -5.18. The standard InChI is InChI=1S/C30H32N8O4/c1-6-42-25-13-20-7-9-37-23(21(20)14-24(25)41-5)15-26(33-27-18(3)11-17(2)12-19(27)4)38(30(37)40)10-8-32-29(39)28-22(16-31)34-36-35-28/h11-15H,6-10H2,1-5H3,(H,32,39)(H,34,35,36)/b33-26+. The lowest BCUT2D eigenvalue weighted by Crippen LogP contribution is -2.44. The number of nitrogens with one attached hydrogen (secondary N) is 2. The van der Waals surface area contributed by atoms with Crippen molar-refractivity contribution in [3.05, 3.63) is 79.9 Å². The van der Waals surface area contributed by atoms with Crippen LogP contribution in [0.25, 0.3) is 11.3 Å². The lowest BCUT2D eigenvalue weighted by Gasteiger charge is -2.25. The summed E-state index contributed by atoms with van der Waals surface area (Å²) in [5.74, 6) is 0.717. The van der Waals surface area contributed by atoms with Gasteiger partial charge in [0.05, 0.1) is 25.1 Å². The van der Waals surface area contributed by atoms with Crippen molar-refractivity contribution < 1.29 is 14.3 Å². The second-order valence-electron chi connectivity index (χ2n) is 10.1. The number of aryl methyl sites for hydroxylation is 4. The molecule has 3 heterocycles. The van der Waals surface area contributed by atoms with Crippen LogP contribution < -0.4 is 26.0 Å². The van der Waals surface area contributed by atoms with E-state index in [1.807, 2.05) is 52.0 Å². The number of rotatable bonds is 8. The van der Waals surface area contributed by atoms with Crippen molar-refractivity contribution in [2.24, 2.45) is 4.99 Å². The topological polar surface area (TPSA) is 152 Å². The maximum atomic E-state index is 14.0. The molecule has 0 saturated heterocycles. The summed E-state index contributed by atoms with van der Waals surface area (Å²) in [4.78, 5) is 31.7. The van der Waals surface area contributed by atoms with Crippen LogP contribution in [0.5, 0.6) is 11.5 Å². The molecule has 0 saturated carbocycles. The lowest BCUT2D eigenvalue weighted by atomic mass is 9.97. The summed E-state index contributed by atoms with van der Waals surface area (Å²) in [5.41, 5.74) is 6.63. The van der Waals surface area contributed by atoms with E-state index >= 15 is 0 Å². The van der Waals surface area contributed by atoms with Crippen LogP contribution in [0.15, 0.2) is 40.1 Å². The van der Waals surface area contributed by atoms with Crippen LogP contribution in [0, 0.1) is 32.1 Å². The van der Waals surface area contributed by atoms with Crippen LogP contribution in [0.2, 0.25) is 0 Å². The van der Waals surface area contributed by atoms with Crippen molar-refractivity contribution in [2.45, 2.75) is 47.2 Å². The molecule has 42 heavy (non-hydrogen) atoms. The van der Waals surface area contributed by atoms with Crippen LogP contribution in [-0.4, -0.2) is 50.7 Å². The maximum absolute atomic E-state index is 14.0. The monoisotopic (exact) mass is 568 g/mol. The van der Waals surface area contributed by atoms with E-state index in [0.717, 1.165) is 39.2 Å². The number of carbonyl (C=O) groups is 1. The first-order valence-electron chi connectivity index (χ1n) is 13.7. The predicted molar refractivity (Wildman–Crippen MR) is 155 cm³/mol. The lowest BCUT2D eigenvalue weighted by molar-refractivity contribution is 0.0946. The molecule has 0 aliphatic carbocycles. The van der Waals surface area contributed by atoms with E-state index < -0.39 is 5.91 Å². The first kappa shape index (κ1) is 28.4. The highest BCUT2D eigenvalue weighted by molar-refractivity contribution is 5.93. The Balaban J connectivity index is 1.62. The average molecular weight is 569 g/mol. The molecular formula is C30H32N8O4. The third-order valence-corrected chi connectivity index (χ3v) is 7.23. The van der Waals surface area contributed by atoms with Crippen molar-refractivity contribution in [1.82, 2.24) is 29.9 Å². The van der Waals surface area contributed by atoms with Crippen LogP contribution in [0.1, 0.15) is 45.4 Å². The average Bonchev–Trinajstić information content (AvgIpc) is 3.45. The summed E-state index contributed by atoms with van der Waals surface area (Å²) in [7, 11) is 1.59. The minimum Gasteiger partial charge on any atom is -0.493 e. The highest BCUT2D eigenvalue weighted by Gasteiger charge is 2.23. The van der Waals surface area contributed by atoms with Gasteiger partial charge in [0.15, 0.2) is 22.9 Å². The molecule has 0 fully saturated rings. The maximum Gasteiger partial charge on any atom is 0.330 e. The summed E-state index contributed by atoms with van der Waals surface area (Å²) >= 11 is 0. The number of amides is 1. The first-order chi connectivity index (χ1) is 20.2. The molecule has 0 atom stereocenters. The third kappa shape index (κ3) is 5.28. The zero-order valence-electron chi connectivity index (χ0n) is 24.2. The van der Waals surface area contributed by atoms with E-state index in [4.69, 9.17) is 19.7 Å². The Morgan fingerprint density at radius 2 is 1.93 bits per heavy atom. The molecule has 1 aliphatic heterocycles. The number of methoxy groups -OCH3 is 1. The van der Waals surface area contributed by atoms with Crippen LogP contribution in [-0.2, 0) is 19.5 Å². The number of fused-ring (bicyclic) bond motifs is 3. The summed E-state index contributed by atoms with van der Waals surface area (Å²) in [6, 6.07) is 11.7. The van der Waals surface area contributed by atoms with Gasteiger partial charge in [-0.25, -0.2) is 9.79 Å². The van der Waals surface area contributed by atoms with Gasteiger partial charge in [-0.05, 0) is 62.9 Å². The van der Waals surface area contributed by atoms with Gasteiger partial charge in [-0.15, -0.1) is 5.10 Å². The largest absolute Gasteiger partial charge is 0.493 e. The molecule has 2 aromatic carbocycles. The number of ether oxygens (including phenoxy) is 2. The number of H-pyrrole nitrogens is 1. The van der Waals surface area contributed by atoms with Gasteiger partial charge in [-0.1, -0.05) is 22.9 Å². The molecule has 2 N–H and O–H groups in total. The van der Waals surface area contributed by atoms with Gasteiger partial charge >= 0.3 is 5.69 Å². The van der Waals surface area contributed by atoms with E-state index in [-0.39, 0.29) is 30.2 Å². The minimum absolute atomic E-state index is 0.0301. The number of nitriles is 1. The molecule has 0 radical (unpaired) electrons. The third-order valence-electron chi connectivity index (χ3n) is 7.23. The Morgan fingerprint density at radius 1 is 1.17 bits per heavy atom. The molecule has 0 bridgehead atoms. The van der Waals surface area contributed by atoms with Crippen LogP contribution in [0.4, 0.5) is 5.69 Å². The Kier molecular flexibility index (Phi) is 7.93. The van der Waals surface area contributed by atoms with Crippen LogP contribution >= 0.6 is 0 Å². The molecule has 216 valence electrons. The zero-order valence-corrected chi connectivity index (χ0v) is 24.2. The van der Waals surface area contributed by atoms with E-state index in [1.165, 1.54) is 0 Å². The zero-order chi connectivity index (χ0) is 30.0. The summed E-state index contributed by atoms with van der Waals surface area (Å²) < 4.78 is 14.7. The fourth-order valence-corrected chi connectivity index (χ4v) is 5.37. The molecular weight excluding hydrogens is 536 g/mol. The van der Waals surface area contributed by atoms with E-state index in [1.54, 1.807) is 16.2 Å². The molecule has 4 aromatic rings. The molecule has 2 aromatic heterocycles. The predicted octanol–water partition coefficient (Wildman–Crippen LogP) is 2.86. The van der Waals surface area contributed by atoms with E-state index in [9.17, 15) is 9.59 Å². The highest BCUT2D eigenvalue weighted by atomic mass is 16.5. The second-order valence-corrected chi connectivity index (χ2v) is 10.1. The van der Waals surface area contributed by atoms with E-state index in [0.29, 0.717) is 36.6 Å². The fraction of sp³-hybridized carbons (Fsp3) is 0.333. The number of benzene rings is 2. The molecule has 1 aliphatic rings. The number of carbonyl (C=O) groups excluding carboxylic acids is 1. The van der Waals surface area contributed by atoms with Crippen molar-refractivity contribution in [3.63, 3.8) is 0 Å². The van der Waals surface area contributed by atoms with Crippen molar-refractivity contribution in [1.29, 1.82) is 5.26 Å². The van der Waals surface area contributed by atoms with Gasteiger partial charge in [0, 0.05) is 31.3 Å². The summed E-state index contributed by atoms with van der Waals surface area (Å²) in [5, 5.41) is 21.5. The quantitative estimate of drug-likeness (QED) is 0.332. The highest BCUT2D eigenvalue weighted by Crippen LogP contribution is 2.37. The number of aromatic nitrogens is 5. The summed E-state index contributed by atoms with van der Waals surface area (Å²) in [6.07, 6.45) is 0.638. The number of hydrogen-bond acceptors (Lipinski definition) is 8. The van der Waals surface area contributed by atoms with Gasteiger partial charge in [0.2, 0.25) is 0 Å². The van der Waals surface area contributed by atoms with Crippen molar-refractivity contribution >= 4 is 11.6 Å². The number of aromatic amines is 1. The van der Waals surface area contributed by atoms with Crippen LogP contribution in [0.3, 0.4) is 0 Å². The normalized spacial score (nSPS) is 12.3. The SMILES string of the molecule is CCOc1cc2c(cc1OC)-c1c/c(=N\c3c(C)cc(C)cc3C)n(CCNC(=O)c3[nH]nnc3C#N)c(=O)n1CC2. The smallest absolute Gasteiger partial charge is 0.330 e.